The number of aryl methyl sites for hydroxylation is 1. The first-order valence-corrected chi connectivity index (χ1v) is 9.39. The highest BCUT2D eigenvalue weighted by Gasteiger charge is 2.30. The smallest absolute Gasteiger partial charge is 0.261 e. The number of nitrogens with zero attached hydrogens (tertiary/aromatic N) is 5. The molecule has 0 atom stereocenters. The standard InChI is InChI=1S/C21H23N5O3/c1-6-17-23-24-18-14(8-7-11-26(17)18)19-22-20(25-29-19)21(2,3)13-9-10-15(27-4)16(12-13)28-5/h7-12H,6H2,1-5H3. The van der Waals surface area contributed by atoms with E-state index in [1.54, 1.807) is 14.2 Å². The van der Waals surface area contributed by atoms with Crippen molar-refractivity contribution in [2.24, 2.45) is 0 Å². The minimum atomic E-state index is -0.505. The summed E-state index contributed by atoms with van der Waals surface area (Å²) >= 11 is 0. The number of ether oxygens (including phenoxy) is 2. The topological polar surface area (TPSA) is 87.6 Å². The summed E-state index contributed by atoms with van der Waals surface area (Å²) in [6.07, 6.45) is 2.72. The summed E-state index contributed by atoms with van der Waals surface area (Å²) < 4.78 is 18.3. The molecule has 0 aliphatic carbocycles. The van der Waals surface area contributed by atoms with Gasteiger partial charge in [-0.1, -0.05) is 18.1 Å². The lowest BCUT2D eigenvalue weighted by atomic mass is 9.83. The van der Waals surface area contributed by atoms with E-state index in [-0.39, 0.29) is 0 Å². The summed E-state index contributed by atoms with van der Waals surface area (Å²) in [7, 11) is 3.23. The molecule has 0 N–H and O–H groups in total. The van der Waals surface area contributed by atoms with Gasteiger partial charge >= 0.3 is 0 Å². The Morgan fingerprint density at radius 1 is 1.07 bits per heavy atom. The van der Waals surface area contributed by atoms with Crippen LogP contribution in [0.25, 0.3) is 17.1 Å². The Balaban J connectivity index is 1.75. The fraction of sp³-hybridized carbons (Fsp3) is 0.333. The van der Waals surface area contributed by atoms with Crippen molar-refractivity contribution in [1.82, 2.24) is 24.7 Å². The molecule has 3 heterocycles. The highest BCUT2D eigenvalue weighted by molar-refractivity contribution is 5.71. The quantitative estimate of drug-likeness (QED) is 0.494. The Morgan fingerprint density at radius 3 is 2.59 bits per heavy atom. The summed E-state index contributed by atoms with van der Waals surface area (Å²) in [5.74, 6) is 3.19. The zero-order valence-electron chi connectivity index (χ0n) is 17.1. The molecule has 0 bridgehead atoms. The second kappa shape index (κ2) is 7.20. The van der Waals surface area contributed by atoms with Crippen LogP contribution in [0.1, 0.15) is 38.0 Å². The lowest BCUT2D eigenvalue weighted by molar-refractivity contribution is 0.353. The molecular formula is C21H23N5O3. The Kier molecular flexibility index (Phi) is 4.70. The maximum Gasteiger partial charge on any atom is 0.261 e. The molecule has 0 fully saturated rings. The van der Waals surface area contributed by atoms with Crippen LogP contribution >= 0.6 is 0 Å². The van der Waals surface area contributed by atoms with Gasteiger partial charge in [0.05, 0.1) is 25.2 Å². The van der Waals surface area contributed by atoms with E-state index in [4.69, 9.17) is 14.0 Å². The maximum atomic E-state index is 5.61. The monoisotopic (exact) mass is 393 g/mol. The van der Waals surface area contributed by atoms with E-state index in [9.17, 15) is 0 Å². The molecule has 4 rings (SSSR count). The number of aromatic nitrogens is 5. The van der Waals surface area contributed by atoms with Crippen LogP contribution in [0.15, 0.2) is 41.1 Å². The normalized spacial score (nSPS) is 11.8. The molecule has 0 saturated carbocycles. The maximum absolute atomic E-state index is 5.61. The van der Waals surface area contributed by atoms with Crippen LogP contribution in [0.4, 0.5) is 0 Å². The first-order valence-electron chi connectivity index (χ1n) is 9.39. The second-order valence-electron chi connectivity index (χ2n) is 7.20. The third-order valence-corrected chi connectivity index (χ3v) is 5.14. The van der Waals surface area contributed by atoms with Crippen molar-refractivity contribution in [3.05, 3.63) is 53.7 Å². The van der Waals surface area contributed by atoms with E-state index < -0.39 is 5.41 Å². The molecule has 8 nitrogen and oxygen atoms in total. The molecule has 0 radical (unpaired) electrons. The van der Waals surface area contributed by atoms with Crippen molar-refractivity contribution in [3.63, 3.8) is 0 Å². The minimum Gasteiger partial charge on any atom is -0.493 e. The highest BCUT2D eigenvalue weighted by atomic mass is 16.5. The van der Waals surface area contributed by atoms with Gasteiger partial charge in [-0.2, -0.15) is 4.98 Å². The number of benzene rings is 1. The van der Waals surface area contributed by atoms with Gasteiger partial charge < -0.3 is 14.0 Å². The number of methoxy groups -OCH3 is 2. The van der Waals surface area contributed by atoms with Crippen LogP contribution in [0.2, 0.25) is 0 Å². The molecule has 0 spiro atoms. The predicted octanol–water partition coefficient (Wildman–Crippen LogP) is 3.68. The molecule has 0 aliphatic heterocycles. The van der Waals surface area contributed by atoms with Crippen LogP contribution in [0, 0.1) is 0 Å². The molecule has 0 aliphatic rings. The Hall–Kier alpha value is -3.42. The summed E-state index contributed by atoms with van der Waals surface area (Å²) in [4.78, 5) is 4.68. The lowest BCUT2D eigenvalue weighted by Gasteiger charge is -2.22. The van der Waals surface area contributed by atoms with Crippen LogP contribution in [-0.2, 0) is 11.8 Å². The average molecular weight is 393 g/mol. The van der Waals surface area contributed by atoms with Gasteiger partial charge in [0.2, 0.25) is 0 Å². The van der Waals surface area contributed by atoms with Gasteiger partial charge in [-0.25, -0.2) is 0 Å². The molecule has 0 unspecified atom stereocenters. The Bertz CT molecular complexity index is 1160. The molecule has 29 heavy (non-hydrogen) atoms. The zero-order chi connectivity index (χ0) is 20.6. The highest BCUT2D eigenvalue weighted by Crippen LogP contribution is 2.36. The fourth-order valence-electron chi connectivity index (χ4n) is 3.31. The van der Waals surface area contributed by atoms with Gasteiger partial charge in [-0.15, -0.1) is 10.2 Å². The van der Waals surface area contributed by atoms with E-state index in [2.05, 4.69) is 20.3 Å². The molecule has 4 aromatic rings. The summed E-state index contributed by atoms with van der Waals surface area (Å²) in [5.41, 5.74) is 1.93. The predicted molar refractivity (Wildman–Crippen MR) is 107 cm³/mol. The van der Waals surface area contributed by atoms with Crippen molar-refractivity contribution < 1.29 is 14.0 Å². The summed E-state index contributed by atoms with van der Waals surface area (Å²) in [6.45, 7) is 6.12. The molecule has 3 aromatic heterocycles. The average Bonchev–Trinajstić information content (AvgIpc) is 3.40. The van der Waals surface area contributed by atoms with E-state index in [0.29, 0.717) is 28.9 Å². The van der Waals surface area contributed by atoms with Gasteiger partial charge in [0.1, 0.15) is 5.82 Å². The second-order valence-corrected chi connectivity index (χ2v) is 7.20. The molecule has 8 heteroatoms. The van der Waals surface area contributed by atoms with Crippen LogP contribution < -0.4 is 9.47 Å². The van der Waals surface area contributed by atoms with Crippen LogP contribution in [-0.4, -0.2) is 39.0 Å². The third kappa shape index (κ3) is 3.10. The summed E-state index contributed by atoms with van der Waals surface area (Å²) in [6, 6.07) is 9.62. The molecule has 0 saturated heterocycles. The largest absolute Gasteiger partial charge is 0.493 e. The number of fused-ring (bicyclic) bond motifs is 1. The fourth-order valence-corrected chi connectivity index (χ4v) is 3.31. The van der Waals surface area contributed by atoms with Crippen molar-refractivity contribution in [2.75, 3.05) is 14.2 Å². The molecule has 150 valence electrons. The van der Waals surface area contributed by atoms with Crippen LogP contribution in [0.3, 0.4) is 0 Å². The summed E-state index contributed by atoms with van der Waals surface area (Å²) in [5, 5.41) is 12.8. The Morgan fingerprint density at radius 2 is 1.86 bits per heavy atom. The number of hydrogen-bond donors (Lipinski definition) is 0. The number of rotatable bonds is 6. The molecular weight excluding hydrogens is 370 g/mol. The van der Waals surface area contributed by atoms with E-state index in [0.717, 1.165) is 23.4 Å². The molecule has 0 amide bonds. The van der Waals surface area contributed by atoms with Gasteiger partial charge in [-0.05, 0) is 43.7 Å². The third-order valence-electron chi connectivity index (χ3n) is 5.14. The lowest BCUT2D eigenvalue weighted by Crippen LogP contribution is -2.21. The van der Waals surface area contributed by atoms with E-state index >= 15 is 0 Å². The van der Waals surface area contributed by atoms with Crippen molar-refractivity contribution >= 4 is 5.65 Å². The number of hydrogen-bond acceptors (Lipinski definition) is 7. The number of pyridine rings is 1. The van der Waals surface area contributed by atoms with Crippen LogP contribution in [0.5, 0.6) is 11.5 Å². The SMILES string of the molecule is CCc1nnc2c(-c3nc(C(C)(C)c4ccc(OC)c(OC)c4)no3)cccn12. The van der Waals surface area contributed by atoms with Crippen molar-refractivity contribution in [1.29, 1.82) is 0 Å². The van der Waals surface area contributed by atoms with Gasteiger partial charge in [0.15, 0.2) is 23.0 Å². The van der Waals surface area contributed by atoms with Gasteiger partial charge in [0, 0.05) is 12.6 Å². The van der Waals surface area contributed by atoms with E-state index in [1.165, 1.54) is 0 Å². The van der Waals surface area contributed by atoms with Crippen molar-refractivity contribution in [2.45, 2.75) is 32.6 Å². The van der Waals surface area contributed by atoms with Crippen molar-refractivity contribution in [3.8, 4) is 23.0 Å². The first kappa shape index (κ1) is 18.9. The zero-order valence-corrected chi connectivity index (χ0v) is 17.1. The van der Waals surface area contributed by atoms with Gasteiger partial charge in [0.25, 0.3) is 5.89 Å². The van der Waals surface area contributed by atoms with E-state index in [1.807, 2.05) is 61.7 Å². The molecule has 1 aromatic carbocycles. The Labute approximate surface area is 168 Å². The minimum absolute atomic E-state index is 0.411. The first-order chi connectivity index (χ1) is 14.0. The van der Waals surface area contributed by atoms with Gasteiger partial charge in [-0.3, -0.25) is 4.40 Å².